The van der Waals surface area contributed by atoms with Crippen LogP contribution in [0.2, 0.25) is 0 Å². The number of carbonyl (C=O) groups excluding carboxylic acids is 1. The van der Waals surface area contributed by atoms with Gasteiger partial charge in [-0.2, -0.15) is 0 Å². The number of hydrogen-bond acceptors (Lipinski definition) is 2. The molecule has 1 atom stereocenters. The van der Waals surface area contributed by atoms with Crippen molar-refractivity contribution in [1.29, 1.82) is 0 Å². The van der Waals surface area contributed by atoms with Gasteiger partial charge in [-0.15, -0.1) is 0 Å². The van der Waals surface area contributed by atoms with Gasteiger partial charge in [-0.25, -0.2) is 0 Å². The van der Waals surface area contributed by atoms with Gasteiger partial charge in [-0.1, -0.05) is 76.6 Å². The van der Waals surface area contributed by atoms with Crippen molar-refractivity contribution in [3.8, 4) is 22.3 Å². The lowest BCUT2D eigenvalue weighted by Gasteiger charge is -2.14. The van der Waals surface area contributed by atoms with E-state index in [0.29, 0.717) is 0 Å². The normalized spacial score (nSPS) is 11.8. The Hall–Kier alpha value is -2.39. The molecule has 3 aromatic rings. The van der Waals surface area contributed by atoms with Gasteiger partial charge < -0.3 is 4.74 Å². The summed E-state index contributed by atoms with van der Waals surface area (Å²) in [6.45, 7) is 3.31. The van der Waals surface area contributed by atoms with Gasteiger partial charge >= 0.3 is 5.97 Å². The van der Waals surface area contributed by atoms with Gasteiger partial charge in [0.2, 0.25) is 0 Å². The van der Waals surface area contributed by atoms with Crippen LogP contribution in [-0.2, 0) is 9.53 Å². The van der Waals surface area contributed by atoms with E-state index in [9.17, 15) is 4.79 Å². The standard InChI is InChI=1S/C22H19BrO2/c1-15(25-16(2)24)17-7-9-18(10-8-17)21-5-3-4-6-22(21)19-11-13-20(23)14-12-19/h3-15H,1-2H3. The number of carbonyl (C=O) groups is 1. The Bertz CT molecular complexity index is 867. The molecule has 0 bridgehead atoms. The summed E-state index contributed by atoms with van der Waals surface area (Å²) in [4.78, 5) is 11.1. The minimum Gasteiger partial charge on any atom is -0.458 e. The van der Waals surface area contributed by atoms with E-state index in [0.717, 1.165) is 15.6 Å². The maximum Gasteiger partial charge on any atom is 0.303 e. The first-order valence-corrected chi connectivity index (χ1v) is 8.96. The highest BCUT2D eigenvalue weighted by Gasteiger charge is 2.10. The highest BCUT2D eigenvalue weighted by Crippen LogP contribution is 2.33. The summed E-state index contributed by atoms with van der Waals surface area (Å²) in [5.74, 6) is -0.267. The quantitative estimate of drug-likeness (QED) is 0.478. The number of rotatable bonds is 4. The first kappa shape index (κ1) is 17.4. The number of benzene rings is 3. The van der Waals surface area contributed by atoms with Crippen LogP contribution in [0.1, 0.15) is 25.5 Å². The summed E-state index contributed by atoms with van der Waals surface area (Å²) in [6.07, 6.45) is -0.242. The molecule has 0 amide bonds. The molecule has 3 aromatic carbocycles. The van der Waals surface area contributed by atoms with E-state index in [1.54, 1.807) is 0 Å². The summed E-state index contributed by atoms with van der Waals surface area (Å²) < 4.78 is 6.31. The van der Waals surface area contributed by atoms with Crippen molar-refractivity contribution in [3.63, 3.8) is 0 Å². The molecule has 0 radical (unpaired) electrons. The second kappa shape index (κ2) is 7.66. The minimum atomic E-state index is -0.267. The van der Waals surface area contributed by atoms with Crippen molar-refractivity contribution in [1.82, 2.24) is 0 Å². The molecule has 126 valence electrons. The van der Waals surface area contributed by atoms with E-state index in [1.165, 1.54) is 23.6 Å². The Morgan fingerprint density at radius 2 is 1.32 bits per heavy atom. The number of hydrogen-bond donors (Lipinski definition) is 0. The fourth-order valence-electron chi connectivity index (χ4n) is 2.87. The zero-order valence-electron chi connectivity index (χ0n) is 14.2. The predicted molar refractivity (Wildman–Crippen MR) is 105 cm³/mol. The van der Waals surface area contributed by atoms with Gasteiger partial charge in [0, 0.05) is 11.4 Å². The average Bonchev–Trinajstić information content (AvgIpc) is 2.62. The summed E-state index contributed by atoms with van der Waals surface area (Å²) >= 11 is 3.48. The Morgan fingerprint density at radius 3 is 1.80 bits per heavy atom. The molecule has 0 aliphatic carbocycles. The summed E-state index contributed by atoms with van der Waals surface area (Å²) in [5, 5.41) is 0. The lowest BCUT2D eigenvalue weighted by Crippen LogP contribution is -2.04. The fourth-order valence-corrected chi connectivity index (χ4v) is 3.13. The fraction of sp³-hybridized carbons (Fsp3) is 0.136. The molecule has 0 fully saturated rings. The lowest BCUT2D eigenvalue weighted by molar-refractivity contribution is -0.145. The van der Waals surface area contributed by atoms with Gasteiger partial charge in [0.1, 0.15) is 6.10 Å². The van der Waals surface area contributed by atoms with Crippen molar-refractivity contribution in [2.24, 2.45) is 0 Å². The Balaban J connectivity index is 1.95. The summed E-state index contributed by atoms with van der Waals surface area (Å²) in [7, 11) is 0. The number of halogens is 1. The molecule has 0 aliphatic rings. The topological polar surface area (TPSA) is 26.3 Å². The third-order valence-corrected chi connectivity index (χ3v) is 4.64. The molecule has 25 heavy (non-hydrogen) atoms. The molecule has 2 nitrogen and oxygen atoms in total. The van der Waals surface area contributed by atoms with E-state index in [1.807, 2.05) is 25.1 Å². The van der Waals surface area contributed by atoms with Gasteiger partial charge in [0.05, 0.1) is 0 Å². The molecular formula is C22H19BrO2. The van der Waals surface area contributed by atoms with Crippen LogP contribution in [0, 0.1) is 0 Å². The van der Waals surface area contributed by atoms with Crippen LogP contribution in [-0.4, -0.2) is 5.97 Å². The van der Waals surface area contributed by atoms with E-state index < -0.39 is 0 Å². The molecule has 3 heteroatoms. The van der Waals surface area contributed by atoms with Crippen LogP contribution >= 0.6 is 15.9 Å². The number of ether oxygens (including phenoxy) is 1. The van der Waals surface area contributed by atoms with Gasteiger partial charge in [-0.3, -0.25) is 4.79 Å². The van der Waals surface area contributed by atoms with Gasteiger partial charge in [0.25, 0.3) is 0 Å². The Labute approximate surface area is 156 Å². The largest absolute Gasteiger partial charge is 0.458 e. The average molecular weight is 395 g/mol. The zero-order valence-corrected chi connectivity index (χ0v) is 15.8. The molecule has 3 rings (SSSR count). The highest BCUT2D eigenvalue weighted by molar-refractivity contribution is 9.10. The van der Waals surface area contributed by atoms with Crippen LogP contribution in [0.4, 0.5) is 0 Å². The van der Waals surface area contributed by atoms with Crippen molar-refractivity contribution >= 4 is 21.9 Å². The maximum atomic E-state index is 11.1. The lowest BCUT2D eigenvalue weighted by atomic mass is 9.94. The number of esters is 1. The third kappa shape index (κ3) is 4.18. The summed E-state index contributed by atoms with van der Waals surface area (Å²) in [6, 6.07) is 24.9. The van der Waals surface area contributed by atoms with Crippen LogP contribution in [0.25, 0.3) is 22.3 Å². The molecule has 0 spiro atoms. The predicted octanol–water partition coefficient (Wildman–Crippen LogP) is 6.41. The first-order valence-electron chi connectivity index (χ1n) is 8.17. The van der Waals surface area contributed by atoms with Crippen LogP contribution in [0.15, 0.2) is 77.3 Å². The second-order valence-corrected chi connectivity index (χ2v) is 6.84. The Kier molecular flexibility index (Phi) is 5.34. The first-order chi connectivity index (χ1) is 12.0. The van der Waals surface area contributed by atoms with Crippen molar-refractivity contribution < 1.29 is 9.53 Å². The van der Waals surface area contributed by atoms with Crippen LogP contribution in [0.3, 0.4) is 0 Å². The Morgan fingerprint density at radius 1 is 0.840 bits per heavy atom. The second-order valence-electron chi connectivity index (χ2n) is 5.93. The third-order valence-electron chi connectivity index (χ3n) is 4.12. The van der Waals surface area contributed by atoms with Crippen LogP contribution in [0.5, 0.6) is 0 Å². The molecule has 0 saturated heterocycles. The van der Waals surface area contributed by atoms with Crippen molar-refractivity contribution in [3.05, 3.63) is 82.8 Å². The van der Waals surface area contributed by atoms with Crippen molar-refractivity contribution in [2.45, 2.75) is 20.0 Å². The maximum absolute atomic E-state index is 11.1. The SMILES string of the molecule is CC(=O)OC(C)c1ccc(-c2ccccc2-c2ccc(Br)cc2)cc1. The van der Waals surface area contributed by atoms with E-state index in [-0.39, 0.29) is 12.1 Å². The monoisotopic (exact) mass is 394 g/mol. The molecule has 0 saturated carbocycles. The smallest absolute Gasteiger partial charge is 0.303 e. The van der Waals surface area contributed by atoms with E-state index in [2.05, 4.69) is 70.5 Å². The van der Waals surface area contributed by atoms with Gasteiger partial charge in [-0.05, 0) is 46.9 Å². The molecule has 0 aliphatic heterocycles. The molecule has 0 aromatic heterocycles. The van der Waals surface area contributed by atoms with Crippen LogP contribution < -0.4 is 0 Å². The molecule has 0 heterocycles. The highest BCUT2D eigenvalue weighted by atomic mass is 79.9. The minimum absolute atomic E-state index is 0.242. The van der Waals surface area contributed by atoms with Gasteiger partial charge in [0.15, 0.2) is 0 Å². The zero-order chi connectivity index (χ0) is 17.8. The van der Waals surface area contributed by atoms with E-state index >= 15 is 0 Å². The molecular weight excluding hydrogens is 376 g/mol. The van der Waals surface area contributed by atoms with E-state index in [4.69, 9.17) is 4.74 Å². The molecule has 0 N–H and O–H groups in total. The molecule has 1 unspecified atom stereocenters. The van der Waals surface area contributed by atoms with Crippen molar-refractivity contribution in [2.75, 3.05) is 0 Å². The summed E-state index contributed by atoms with van der Waals surface area (Å²) in [5.41, 5.74) is 5.67.